The van der Waals surface area contributed by atoms with Crippen molar-refractivity contribution in [2.45, 2.75) is 124 Å². The fourth-order valence-corrected chi connectivity index (χ4v) is 13.7. The predicted molar refractivity (Wildman–Crippen MR) is 345 cm³/mol. The zero-order chi connectivity index (χ0) is 63.6. The number of imidazole rings is 2. The van der Waals surface area contributed by atoms with Gasteiger partial charge in [-0.3, -0.25) is 24.1 Å². The molecule has 1 N–H and O–H groups in total. The Morgan fingerprint density at radius 3 is 2.20 bits per heavy atom. The van der Waals surface area contributed by atoms with Gasteiger partial charge in [-0.2, -0.15) is 0 Å². The van der Waals surface area contributed by atoms with Crippen LogP contribution >= 0.6 is 0 Å². The van der Waals surface area contributed by atoms with E-state index in [1.807, 2.05) is 64.1 Å². The number of carbonyl (C=O) groups excluding carboxylic acids is 5. The van der Waals surface area contributed by atoms with E-state index < -0.39 is 11.5 Å². The lowest BCUT2D eigenvalue weighted by atomic mass is 9.87. The predicted octanol–water partition coefficient (Wildman–Crippen LogP) is 9.80. The van der Waals surface area contributed by atoms with E-state index in [2.05, 4.69) is 99.4 Å². The van der Waals surface area contributed by atoms with Crippen LogP contribution in [0.5, 0.6) is 0 Å². The van der Waals surface area contributed by atoms with E-state index in [0.717, 1.165) is 88.1 Å². The monoisotopic (exact) mass is 1240 g/mol. The number of esters is 1. The zero-order valence-electron chi connectivity index (χ0n) is 53.6. The minimum atomic E-state index is -0.486. The number of aryl methyl sites for hydroxylation is 2. The summed E-state index contributed by atoms with van der Waals surface area (Å²) in [6, 6.07) is 30.4. The fourth-order valence-electron chi connectivity index (χ4n) is 13.7. The lowest BCUT2D eigenvalue weighted by Crippen LogP contribution is -2.44. The number of benzene rings is 4. The number of allylic oxidation sites excluding steroid dienone is 2. The van der Waals surface area contributed by atoms with Crippen molar-refractivity contribution in [3.05, 3.63) is 132 Å². The molecule has 3 fully saturated rings. The standard InChI is InChI=1S/C71H88N10O10/c1-7-16-60-72-57-28-25-50(67-73-56-19-12-13-20-58(56)77(67)6)43-59(57)81(60)44-48-21-23-49(24-22-48)52-17-10-11-18-53(52)70(86)91-42-41-89-40-39-88-38-37-87-36-34-79-46-51(75-76-79)45-78(62(83)30-29-61(82)74-71(4,5)31-35-90-47(2)3)32-14-8-9-15-33-80-68(84)65-55-27-26-54-63(55)64(54)66(65)69(80)85/h10-13,17-28,43,46-47,54-55,63-66H,7-9,14-16,29-42,44-45H2,1-6H3,(H,74,82)/t54?,55?,63?,64?,65-,66+/m0/s1. The average Bonchev–Trinajstić information content (AvgIpc) is 1.50. The highest BCUT2D eigenvalue weighted by Gasteiger charge is 2.74. The largest absolute Gasteiger partial charge is 0.460 e. The number of hydrogen-bond acceptors (Lipinski definition) is 14. The van der Waals surface area contributed by atoms with E-state index in [-0.39, 0.29) is 80.1 Å². The van der Waals surface area contributed by atoms with Crippen molar-refractivity contribution in [2.24, 2.45) is 42.6 Å². The number of imide groups is 1. The number of rotatable bonds is 36. The summed E-state index contributed by atoms with van der Waals surface area (Å²) in [5.74, 6) is 2.53. The normalized spacial score (nSPS) is 18.9. The number of likely N-dealkylation sites (tertiary alicyclic amines) is 1. The molecular weight excluding hydrogens is 1150 g/mol. The molecule has 0 radical (unpaired) electrons. The molecule has 20 heteroatoms. The molecule has 6 atom stereocenters. The van der Waals surface area contributed by atoms with Gasteiger partial charge in [-0.1, -0.05) is 91.7 Å². The molecule has 1 aliphatic heterocycles. The first-order valence-electron chi connectivity index (χ1n) is 32.8. The summed E-state index contributed by atoms with van der Waals surface area (Å²) in [5, 5.41) is 11.7. The van der Waals surface area contributed by atoms with Crippen molar-refractivity contribution < 1.29 is 47.7 Å². The van der Waals surface area contributed by atoms with Gasteiger partial charge in [-0.05, 0) is 130 Å². The van der Waals surface area contributed by atoms with Crippen LogP contribution in [0.4, 0.5) is 0 Å². The summed E-state index contributed by atoms with van der Waals surface area (Å²) in [7, 11) is 2.05. The second-order valence-corrected chi connectivity index (χ2v) is 25.6. The molecule has 0 spiro atoms. The molecule has 2 saturated carbocycles. The number of amides is 4. The van der Waals surface area contributed by atoms with Crippen molar-refractivity contribution in [3.8, 4) is 22.5 Å². The van der Waals surface area contributed by atoms with Gasteiger partial charge in [0.1, 0.15) is 23.9 Å². The smallest absolute Gasteiger partial charge is 0.338 e. The van der Waals surface area contributed by atoms with Crippen LogP contribution < -0.4 is 5.32 Å². The molecule has 4 aliphatic rings. The third-order valence-corrected chi connectivity index (χ3v) is 18.4. The van der Waals surface area contributed by atoms with Crippen LogP contribution in [-0.2, 0) is 76.0 Å². The van der Waals surface area contributed by atoms with Crippen molar-refractivity contribution >= 4 is 51.7 Å². The van der Waals surface area contributed by atoms with Gasteiger partial charge >= 0.3 is 5.97 Å². The number of para-hydroxylation sites is 2. The molecule has 0 bridgehead atoms. The van der Waals surface area contributed by atoms with Gasteiger partial charge in [-0.15, -0.1) is 5.10 Å². The maximum atomic E-state index is 13.8. The van der Waals surface area contributed by atoms with Crippen molar-refractivity contribution in [1.29, 1.82) is 0 Å². The molecule has 91 heavy (non-hydrogen) atoms. The number of hydrogen-bond donors (Lipinski definition) is 1. The quantitative estimate of drug-likeness (QED) is 0.0167. The van der Waals surface area contributed by atoms with Gasteiger partial charge < -0.3 is 43.0 Å². The molecule has 4 amide bonds. The Kier molecular flexibility index (Phi) is 21.0. The second-order valence-electron chi connectivity index (χ2n) is 25.6. The van der Waals surface area contributed by atoms with Crippen molar-refractivity contribution in [2.75, 3.05) is 65.9 Å². The zero-order valence-corrected chi connectivity index (χ0v) is 53.6. The maximum Gasteiger partial charge on any atom is 0.338 e. The van der Waals surface area contributed by atoms with E-state index in [9.17, 15) is 24.0 Å². The molecule has 482 valence electrons. The molecule has 20 nitrogen and oxygen atoms in total. The fraction of sp³-hybridized carbons (Fsp3) is 0.507. The van der Waals surface area contributed by atoms with E-state index >= 15 is 0 Å². The minimum absolute atomic E-state index is 0.00916. The summed E-state index contributed by atoms with van der Waals surface area (Å²) < 4.78 is 34.8. The van der Waals surface area contributed by atoms with E-state index in [1.54, 1.807) is 21.8 Å². The number of aromatic nitrogens is 7. The Morgan fingerprint density at radius 2 is 1.42 bits per heavy atom. The number of fused-ring (bicyclic) bond motifs is 6. The van der Waals surface area contributed by atoms with Gasteiger partial charge in [0.2, 0.25) is 23.6 Å². The van der Waals surface area contributed by atoms with Crippen molar-refractivity contribution in [1.82, 2.24) is 49.2 Å². The number of carbonyl (C=O) groups is 5. The van der Waals surface area contributed by atoms with Crippen LogP contribution in [0, 0.1) is 35.5 Å². The highest BCUT2D eigenvalue weighted by molar-refractivity contribution is 6.06. The molecular formula is C71H88N10O10. The highest BCUT2D eigenvalue weighted by atomic mass is 16.6. The highest BCUT2D eigenvalue weighted by Crippen LogP contribution is 2.71. The van der Waals surface area contributed by atoms with Gasteiger partial charge in [0.25, 0.3) is 0 Å². The Balaban J connectivity index is 0.574. The Morgan fingerprint density at radius 1 is 0.714 bits per heavy atom. The molecule has 7 aromatic rings. The summed E-state index contributed by atoms with van der Waals surface area (Å²) in [5.41, 5.74) is 8.53. The topological polar surface area (TPSA) is 216 Å². The lowest BCUT2D eigenvalue weighted by molar-refractivity contribution is -0.140. The molecule has 4 unspecified atom stereocenters. The summed E-state index contributed by atoms with van der Waals surface area (Å²) in [4.78, 5) is 80.2. The first-order chi connectivity index (χ1) is 44.2. The van der Waals surface area contributed by atoms with Crippen LogP contribution in [0.25, 0.3) is 44.6 Å². The molecule has 11 rings (SSSR count). The third kappa shape index (κ3) is 15.4. The van der Waals surface area contributed by atoms with E-state index in [0.29, 0.717) is 108 Å². The maximum absolute atomic E-state index is 13.8. The van der Waals surface area contributed by atoms with Gasteiger partial charge in [0, 0.05) is 63.7 Å². The molecule has 3 aromatic heterocycles. The molecule has 4 heterocycles. The van der Waals surface area contributed by atoms with Crippen molar-refractivity contribution in [3.63, 3.8) is 0 Å². The van der Waals surface area contributed by atoms with Gasteiger partial charge in [-0.25, -0.2) is 19.4 Å². The molecule has 1 saturated heterocycles. The number of ether oxygens (including phenoxy) is 5. The van der Waals surface area contributed by atoms with E-state index in [4.69, 9.17) is 33.7 Å². The lowest BCUT2D eigenvalue weighted by Gasteiger charge is -2.27. The van der Waals surface area contributed by atoms with Gasteiger partial charge in [0.15, 0.2) is 0 Å². The Labute approximate surface area is 533 Å². The van der Waals surface area contributed by atoms with Crippen LogP contribution in [0.1, 0.15) is 113 Å². The van der Waals surface area contributed by atoms with E-state index in [1.165, 1.54) is 4.90 Å². The Bertz CT molecular complexity index is 3720. The number of nitrogens with one attached hydrogen (secondary N) is 1. The van der Waals surface area contributed by atoms with Crippen LogP contribution in [0.2, 0.25) is 0 Å². The number of unbranched alkanes of at least 4 members (excludes halogenated alkanes) is 3. The first kappa shape index (κ1) is 64.6. The van der Waals surface area contributed by atoms with Crippen LogP contribution in [-0.4, -0.2) is 151 Å². The first-order valence-corrected chi connectivity index (χ1v) is 32.8. The average molecular weight is 1240 g/mol. The molecule has 4 aromatic carbocycles. The second kappa shape index (κ2) is 29.6. The number of nitrogens with zero attached hydrogens (tertiary/aromatic N) is 9. The minimum Gasteiger partial charge on any atom is -0.460 e. The summed E-state index contributed by atoms with van der Waals surface area (Å²) >= 11 is 0. The SMILES string of the molecule is CCCc1nc2ccc(-c3nc4ccccc4n3C)cc2n1Cc1ccc(-c2ccccc2C(=O)OCCOCCOCCOCCn2cc(CN(CCCCCCN3C(=O)[C@@H]4C5C6C=CC(C65)[C@@H]4C3=O)C(=O)CCC(=O)NC(C)(C)CCOC(C)C)nn2)cc1. The summed E-state index contributed by atoms with van der Waals surface area (Å²) in [6.07, 6.45) is 11.9. The summed E-state index contributed by atoms with van der Waals surface area (Å²) in [6.45, 7) is 14.8. The van der Waals surface area contributed by atoms with Crippen LogP contribution in [0.15, 0.2) is 109 Å². The van der Waals surface area contributed by atoms with Gasteiger partial charge in [0.05, 0.1) is 104 Å². The third-order valence-electron chi connectivity index (χ3n) is 18.4. The molecule has 3 aliphatic carbocycles. The van der Waals surface area contributed by atoms with Crippen LogP contribution in [0.3, 0.4) is 0 Å². The Hall–Kier alpha value is -7.91.